The molecule has 68 valence electrons. The molecule has 0 saturated heterocycles. The van der Waals surface area contributed by atoms with Crippen LogP contribution < -0.4 is 0 Å². The first-order chi connectivity index (χ1) is 5.47. The molecule has 0 amide bonds. The zero-order chi connectivity index (χ0) is 9.19. The molecule has 1 aromatic rings. The van der Waals surface area contributed by atoms with Crippen molar-refractivity contribution >= 4 is 21.6 Å². The first kappa shape index (κ1) is 9.60. The van der Waals surface area contributed by atoms with Gasteiger partial charge in [0, 0.05) is 11.1 Å². The molecule has 0 saturated carbocycles. The van der Waals surface area contributed by atoms with Gasteiger partial charge in [0.05, 0.1) is 10.8 Å². The van der Waals surface area contributed by atoms with Gasteiger partial charge in [0.2, 0.25) is 0 Å². The minimum Gasteiger partial charge on any atom is -0.250 e. The summed E-state index contributed by atoms with van der Waals surface area (Å²) in [5.41, 5.74) is 0. The highest BCUT2D eigenvalue weighted by Crippen LogP contribution is 2.12. The lowest BCUT2D eigenvalue weighted by Crippen LogP contribution is -2.00. The van der Waals surface area contributed by atoms with Crippen molar-refractivity contribution in [3.05, 3.63) is 16.1 Å². The highest BCUT2D eigenvalue weighted by atomic mass is 32.3. The van der Waals surface area contributed by atoms with Crippen molar-refractivity contribution in [1.82, 2.24) is 4.98 Å². The Morgan fingerprint density at radius 3 is 2.75 bits per heavy atom. The second-order valence-corrected chi connectivity index (χ2v) is 5.14. The summed E-state index contributed by atoms with van der Waals surface area (Å²) < 4.78 is 32.3. The Morgan fingerprint density at radius 2 is 2.33 bits per heavy atom. The fourth-order valence-corrected chi connectivity index (χ4v) is 2.13. The van der Waals surface area contributed by atoms with Crippen molar-refractivity contribution in [2.45, 2.75) is 13.3 Å². The predicted octanol–water partition coefficient (Wildman–Crippen LogP) is 1.29. The smallest absolute Gasteiger partial charge is 0.250 e. The number of aryl methyl sites for hydroxylation is 2. The summed E-state index contributed by atoms with van der Waals surface area (Å²) in [5, 5.41) is 0.862. The van der Waals surface area contributed by atoms with Gasteiger partial charge in [-0.2, -0.15) is 8.42 Å². The Bertz CT molecular complexity index is 357. The Hall–Kier alpha value is -0.490. The van der Waals surface area contributed by atoms with E-state index in [4.69, 9.17) is 0 Å². The molecule has 0 aliphatic carbocycles. The number of hydrogen-bond acceptors (Lipinski definition) is 4. The van der Waals surface area contributed by atoms with E-state index in [1.807, 2.05) is 6.92 Å². The molecule has 0 radical (unpaired) electrons. The van der Waals surface area contributed by atoms with Crippen LogP contribution in [0, 0.1) is 6.92 Å². The lowest BCUT2D eigenvalue weighted by Gasteiger charge is -1.90. The van der Waals surface area contributed by atoms with Crippen LogP contribution in [0.1, 0.15) is 9.88 Å². The van der Waals surface area contributed by atoms with Crippen molar-refractivity contribution in [3.8, 4) is 0 Å². The highest BCUT2D eigenvalue weighted by molar-refractivity contribution is 7.86. The molecule has 0 aliphatic heterocycles. The molecule has 0 N–H and O–H groups in total. The fourth-order valence-electron chi connectivity index (χ4n) is 0.743. The Morgan fingerprint density at radius 1 is 1.67 bits per heavy atom. The van der Waals surface area contributed by atoms with Crippen LogP contribution in [0.4, 0.5) is 3.89 Å². The molecule has 6 heteroatoms. The van der Waals surface area contributed by atoms with Crippen LogP contribution >= 0.6 is 11.3 Å². The summed E-state index contributed by atoms with van der Waals surface area (Å²) in [6.45, 7) is 1.82. The zero-order valence-electron chi connectivity index (χ0n) is 6.45. The third-order valence-corrected chi connectivity index (χ3v) is 2.93. The van der Waals surface area contributed by atoms with Crippen LogP contribution in [-0.4, -0.2) is 19.2 Å². The quantitative estimate of drug-likeness (QED) is 0.705. The maximum Gasteiger partial charge on any atom is 0.302 e. The van der Waals surface area contributed by atoms with E-state index in [1.165, 1.54) is 11.3 Å². The molecule has 0 unspecified atom stereocenters. The second-order valence-electron chi connectivity index (χ2n) is 2.34. The van der Waals surface area contributed by atoms with Gasteiger partial charge in [-0.15, -0.1) is 15.2 Å². The fraction of sp³-hybridized carbons (Fsp3) is 0.500. The van der Waals surface area contributed by atoms with Crippen LogP contribution in [0.2, 0.25) is 0 Å². The normalized spacial score (nSPS) is 11.8. The summed E-state index contributed by atoms with van der Waals surface area (Å²) in [7, 11) is -4.33. The van der Waals surface area contributed by atoms with E-state index in [1.54, 1.807) is 6.20 Å². The largest absolute Gasteiger partial charge is 0.302 e. The summed E-state index contributed by atoms with van der Waals surface area (Å²) in [6.07, 6.45) is 1.79. The third-order valence-electron chi connectivity index (χ3n) is 1.26. The third kappa shape index (κ3) is 3.27. The lowest BCUT2D eigenvalue weighted by atomic mass is 10.4. The van der Waals surface area contributed by atoms with E-state index < -0.39 is 16.0 Å². The van der Waals surface area contributed by atoms with Crippen molar-refractivity contribution in [3.63, 3.8) is 0 Å². The van der Waals surface area contributed by atoms with E-state index in [-0.39, 0.29) is 6.42 Å². The summed E-state index contributed by atoms with van der Waals surface area (Å²) >= 11 is 1.39. The highest BCUT2D eigenvalue weighted by Gasteiger charge is 2.08. The van der Waals surface area contributed by atoms with Crippen LogP contribution in [-0.2, 0) is 16.6 Å². The lowest BCUT2D eigenvalue weighted by molar-refractivity contribution is 0.551. The zero-order valence-corrected chi connectivity index (χ0v) is 8.08. The number of thiazole rings is 1. The molecular weight excluding hydrogens is 201 g/mol. The standard InChI is InChI=1S/C6H8FNO2S2/c1-5-8-4-6(11-5)2-3-12(7,9)10/h4H,2-3H2,1H3. The summed E-state index contributed by atoms with van der Waals surface area (Å²) in [4.78, 5) is 4.72. The van der Waals surface area contributed by atoms with E-state index >= 15 is 0 Å². The SMILES string of the molecule is Cc1ncc(CCS(=O)(=O)F)s1. The van der Waals surface area contributed by atoms with E-state index in [9.17, 15) is 12.3 Å². The number of halogens is 1. The number of hydrogen-bond donors (Lipinski definition) is 0. The van der Waals surface area contributed by atoms with Crippen molar-refractivity contribution < 1.29 is 12.3 Å². The predicted molar refractivity (Wildman–Crippen MR) is 45.4 cm³/mol. The summed E-state index contributed by atoms with van der Waals surface area (Å²) in [5.74, 6) is -0.450. The molecule has 12 heavy (non-hydrogen) atoms. The molecular formula is C6H8FNO2S2. The van der Waals surface area contributed by atoms with Gasteiger partial charge in [-0.05, 0) is 13.3 Å². The van der Waals surface area contributed by atoms with Gasteiger partial charge < -0.3 is 0 Å². The Balaban J connectivity index is 2.55. The summed E-state index contributed by atoms with van der Waals surface area (Å²) in [6, 6.07) is 0. The van der Waals surface area contributed by atoms with Crippen LogP contribution in [0.5, 0.6) is 0 Å². The minimum absolute atomic E-state index is 0.213. The average molecular weight is 209 g/mol. The molecule has 0 atom stereocenters. The number of rotatable bonds is 3. The van der Waals surface area contributed by atoms with E-state index in [0.29, 0.717) is 0 Å². The van der Waals surface area contributed by atoms with E-state index in [0.717, 1.165) is 9.88 Å². The molecule has 0 fully saturated rings. The molecule has 0 bridgehead atoms. The first-order valence-corrected chi connectivity index (χ1v) is 5.68. The van der Waals surface area contributed by atoms with Gasteiger partial charge in [-0.1, -0.05) is 0 Å². The van der Waals surface area contributed by atoms with Crippen LogP contribution in [0.3, 0.4) is 0 Å². The minimum atomic E-state index is -4.33. The first-order valence-electron chi connectivity index (χ1n) is 3.31. The molecule has 0 aliphatic rings. The molecule has 1 aromatic heterocycles. The average Bonchev–Trinajstić information content (AvgIpc) is 2.30. The topological polar surface area (TPSA) is 47.0 Å². The molecule has 0 aromatic carbocycles. The molecule has 1 rings (SSSR count). The molecule has 1 heterocycles. The van der Waals surface area contributed by atoms with Crippen molar-refractivity contribution in [2.24, 2.45) is 0 Å². The monoisotopic (exact) mass is 209 g/mol. The van der Waals surface area contributed by atoms with Gasteiger partial charge in [0.15, 0.2) is 0 Å². The van der Waals surface area contributed by atoms with Gasteiger partial charge in [-0.3, -0.25) is 0 Å². The Kier molecular flexibility index (Phi) is 2.79. The van der Waals surface area contributed by atoms with Gasteiger partial charge in [0.25, 0.3) is 0 Å². The molecule has 3 nitrogen and oxygen atoms in total. The van der Waals surface area contributed by atoms with Gasteiger partial charge in [-0.25, -0.2) is 4.98 Å². The maximum atomic E-state index is 12.0. The van der Waals surface area contributed by atoms with Crippen molar-refractivity contribution in [1.29, 1.82) is 0 Å². The van der Waals surface area contributed by atoms with Crippen LogP contribution in [0.15, 0.2) is 6.20 Å². The van der Waals surface area contributed by atoms with E-state index in [2.05, 4.69) is 4.98 Å². The second kappa shape index (κ2) is 3.49. The number of aromatic nitrogens is 1. The molecule has 0 spiro atoms. The Labute approximate surface area is 74.5 Å². The number of nitrogens with zero attached hydrogens (tertiary/aromatic N) is 1. The van der Waals surface area contributed by atoms with Crippen molar-refractivity contribution in [2.75, 3.05) is 5.75 Å². The maximum absolute atomic E-state index is 12.0. The van der Waals surface area contributed by atoms with Crippen LogP contribution in [0.25, 0.3) is 0 Å². The van der Waals surface area contributed by atoms with Gasteiger partial charge >= 0.3 is 10.2 Å². The van der Waals surface area contributed by atoms with Gasteiger partial charge in [0.1, 0.15) is 0 Å².